The molecule has 9 nitrogen and oxygen atoms in total. The van der Waals surface area contributed by atoms with E-state index in [1.807, 2.05) is 24.3 Å². The molecule has 0 aromatic heterocycles. The van der Waals surface area contributed by atoms with Crippen LogP contribution in [-0.4, -0.2) is 80.8 Å². The van der Waals surface area contributed by atoms with Gasteiger partial charge in [-0.2, -0.15) is 13.2 Å². The van der Waals surface area contributed by atoms with Crippen molar-refractivity contribution in [1.82, 2.24) is 14.7 Å². The zero-order chi connectivity index (χ0) is 35.7. The molecule has 3 aliphatic rings. The summed E-state index contributed by atoms with van der Waals surface area (Å²) in [7, 11) is 0. The van der Waals surface area contributed by atoms with Crippen molar-refractivity contribution in [3.8, 4) is 5.75 Å². The van der Waals surface area contributed by atoms with E-state index in [4.69, 9.17) is 4.74 Å². The van der Waals surface area contributed by atoms with Crippen molar-refractivity contribution in [3.05, 3.63) is 105 Å². The Morgan fingerprint density at radius 1 is 0.940 bits per heavy atom. The number of carbonyl (C=O) groups is 3. The number of benzene rings is 3. The van der Waals surface area contributed by atoms with Gasteiger partial charge in [-0.1, -0.05) is 36.4 Å². The van der Waals surface area contributed by atoms with Gasteiger partial charge in [-0.25, -0.2) is 14.0 Å². The Bertz CT molecular complexity index is 1810. The van der Waals surface area contributed by atoms with Gasteiger partial charge in [0.05, 0.1) is 28.7 Å². The second-order valence-corrected chi connectivity index (χ2v) is 13.6. The van der Waals surface area contributed by atoms with Crippen molar-refractivity contribution < 1.29 is 46.9 Å². The van der Waals surface area contributed by atoms with E-state index in [2.05, 4.69) is 15.9 Å². The van der Waals surface area contributed by atoms with Crippen LogP contribution in [0.5, 0.6) is 5.75 Å². The monoisotopic (exact) mass is 759 g/mol. The molecule has 2 atom stereocenters. The number of halogens is 5. The molecule has 2 fully saturated rings. The molecule has 264 valence electrons. The summed E-state index contributed by atoms with van der Waals surface area (Å²) in [6, 6.07) is 14.3. The molecule has 2 N–H and O–H groups in total. The third kappa shape index (κ3) is 7.74. The van der Waals surface area contributed by atoms with Gasteiger partial charge in [0.2, 0.25) is 0 Å². The number of amides is 3. The number of aryl methyl sites for hydroxylation is 1. The average molecular weight is 761 g/mol. The molecule has 3 aromatic rings. The number of nitrogens with zero attached hydrogens (tertiary/aromatic N) is 3. The highest BCUT2D eigenvalue weighted by Crippen LogP contribution is 2.41. The Balaban J connectivity index is 1.30. The molecule has 2 heterocycles. The first kappa shape index (κ1) is 35.2. The van der Waals surface area contributed by atoms with Crippen molar-refractivity contribution in [1.29, 1.82) is 0 Å². The maximum Gasteiger partial charge on any atom is 0.416 e. The molecule has 14 heteroatoms. The van der Waals surface area contributed by atoms with Gasteiger partial charge in [-0.05, 0) is 94.6 Å². The standard InChI is InChI=1S/C36H34BrF4N3O6/c37-29-13-10-25(38)16-31(29)50-14-2-4-21-6-8-23(9-7-21)28-17-27-19-42(34(46)47)20-30(44(27)35(48)49)32(28)33(45)43(26-11-12-26)18-22-3-1-5-24(15-22)36(39,40)41/h1,3,5-10,13,15-16,26-27,30H,2,4,11-12,14,17-20H2,(H,46,47)(H,48,49)/t27-,30-/m1/s1. The van der Waals surface area contributed by atoms with Gasteiger partial charge >= 0.3 is 18.4 Å². The largest absolute Gasteiger partial charge is 0.492 e. The van der Waals surface area contributed by atoms with E-state index in [-0.39, 0.29) is 43.2 Å². The lowest BCUT2D eigenvalue weighted by atomic mass is 9.81. The van der Waals surface area contributed by atoms with Crippen LogP contribution >= 0.6 is 15.9 Å². The predicted octanol–water partition coefficient (Wildman–Crippen LogP) is 7.68. The molecule has 1 saturated heterocycles. The molecule has 1 aliphatic carbocycles. The van der Waals surface area contributed by atoms with E-state index < -0.39 is 47.7 Å². The Labute approximate surface area is 293 Å². The van der Waals surface area contributed by atoms with E-state index in [9.17, 15) is 42.2 Å². The van der Waals surface area contributed by atoms with Crippen molar-refractivity contribution in [3.63, 3.8) is 0 Å². The Morgan fingerprint density at radius 2 is 1.68 bits per heavy atom. The number of carbonyl (C=O) groups excluding carboxylic acids is 1. The minimum absolute atomic E-state index is 0.0702. The van der Waals surface area contributed by atoms with Crippen LogP contribution in [0.25, 0.3) is 5.57 Å². The van der Waals surface area contributed by atoms with Crippen LogP contribution < -0.4 is 4.74 Å². The third-order valence-corrected chi connectivity index (χ3v) is 9.95. The Kier molecular flexibility index (Phi) is 10.1. The maximum absolute atomic E-state index is 14.6. The lowest BCUT2D eigenvalue weighted by Crippen LogP contribution is -2.65. The summed E-state index contributed by atoms with van der Waals surface area (Å²) in [5.41, 5.74) is 1.81. The van der Waals surface area contributed by atoms with Crippen LogP contribution in [0.1, 0.15) is 47.9 Å². The van der Waals surface area contributed by atoms with Gasteiger partial charge in [-0.3, -0.25) is 9.69 Å². The fourth-order valence-electron chi connectivity index (χ4n) is 6.77. The highest BCUT2D eigenvalue weighted by Gasteiger charge is 2.49. The van der Waals surface area contributed by atoms with Gasteiger partial charge in [-0.15, -0.1) is 0 Å². The number of piperazine rings is 1. The first-order valence-electron chi connectivity index (χ1n) is 16.2. The van der Waals surface area contributed by atoms with Crippen LogP contribution in [0.4, 0.5) is 27.2 Å². The fourth-order valence-corrected chi connectivity index (χ4v) is 7.13. The van der Waals surface area contributed by atoms with E-state index in [1.165, 1.54) is 29.2 Å². The van der Waals surface area contributed by atoms with Crippen LogP contribution in [0, 0.1) is 5.82 Å². The Morgan fingerprint density at radius 3 is 2.34 bits per heavy atom. The molecule has 50 heavy (non-hydrogen) atoms. The van der Waals surface area contributed by atoms with Gasteiger partial charge in [0.15, 0.2) is 0 Å². The summed E-state index contributed by atoms with van der Waals surface area (Å²) in [6.07, 6.45) is -4.47. The van der Waals surface area contributed by atoms with Crippen molar-refractivity contribution >= 4 is 39.6 Å². The molecular weight excluding hydrogens is 726 g/mol. The van der Waals surface area contributed by atoms with Gasteiger partial charge < -0.3 is 24.7 Å². The quantitative estimate of drug-likeness (QED) is 0.162. The smallest absolute Gasteiger partial charge is 0.416 e. The molecule has 0 unspecified atom stereocenters. The van der Waals surface area contributed by atoms with E-state index in [0.29, 0.717) is 53.6 Å². The maximum atomic E-state index is 14.6. The van der Waals surface area contributed by atoms with Crippen LogP contribution in [0.3, 0.4) is 0 Å². The lowest BCUT2D eigenvalue weighted by molar-refractivity contribution is -0.137. The second-order valence-electron chi connectivity index (χ2n) is 12.7. The van der Waals surface area contributed by atoms with Crippen LogP contribution in [0.15, 0.2) is 76.8 Å². The predicted molar refractivity (Wildman–Crippen MR) is 178 cm³/mol. The summed E-state index contributed by atoms with van der Waals surface area (Å²) in [5.74, 6) is -0.528. The Hall–Kier alpha value is -4.59. The molecule has 2 bridgehead atoms. The molecule has 0 radical (unpaired) electrons. The first-order chi connectivity index (χ1) is 23.8. The van der Waals surface area contributed by atoms with Crippen molar-refractivity contribution in [2.75, 3.05) is 19.7 Å². The molecule has 2 aliphatic heterocycles. The summed E-state index contributed by atoms with van der Waals surface area (Å²) in [4.78, 5) is 43.0. The number of fused-ring (bicyclic) bond motifs is 2. The highest BCUT2D eigenvalue weighted by atomic mass is 79.9. The average Bonchev–Trinajstić information content (AvgIpc) is 3.91. The molecule has 3 aromatic carbocycles. The summed E-state index contributed by atoms with van der Waals surface area (Å²) >= 11 is 3.34. The van der Waals surface area contributed by atoms with Crippen molar-refractivity contribution in [2.24, 2.45) is 0 Å². The molecule has 0 spiro atoms. The minimum atomic E-state index is -4.57. The summed E-state index contributed by atoms with van der Waals surface area (Å²) < 4.78 is 60.5. The minimum Gasteiger partial charge on any atom is -0.492 e. The molecule has 1 saturated carbocycles. The van der Waals surface area contributed by atoms with E-state index in [1.54, 1.807) is 6.07 Å². The fraction of sp³-hybridized carbons (Fsp3) is 0.361. The topological polar surface area (TPSA) is 111 Å². The second kappa shape index (κ2) is 14.3. The highest BCUT2D eigenvalue weighted by molar-refractivity contribution is 9.10. The summed E-state index contributed by atoms with van der Waals surface area (Å²) in [5, 5.41) is 20.1. The number of carboxylic acid groups (broad SMARTS) is 2. The first-order valence-corrected chi connectivity index (χ1v) is 17.0. The van der Waals surface area contributed by atoms with Gasteiger partial charge in [0.25, 0.3) is 5.91 Å². The number of ether oxygens (including phenoxy) is 1. The van der Waals surface area contributed by atoms with Gasteiger partial charge in [0, 0.05) is 37.3 Å². The normalized spacial score (nSPS) is 19.0. The zero-order valence-corrected chi connectivity index (χ0v) is 28.3. The van der Waals surface area contributed by atoms with E-state index in [0.717, 1.165) is 27.5 Å². The SMILES string of the molecule is O=C(O)N1C[C@H]2CC(c3ccc(CCCOc4cc(F)ccc4Br)cc3)=C(C(=O)N(Cc3cccc(C(F)(F)F)c3)C3CC3)[C@@H](C1)N2C(=O)O. The van der Waals surface area contributed by atoms with E-state index >= 15 is 0 Å². The lowest BCUT2D eigenvalue weighted by Gasteiger charge is -2.49. The number of hydrogen-bond acceptors (Lipinski definition) is 4. The molecule has 3 amide bonds. The summed E-state index contributed by atoms with van der Waals surface area (Å²) in [6.45, 7) is -0.113. The number of hydrogen-bond donors (Lipinski definition) is 2. The van der Waals surface area contributed by atoms with Crippen LogP contribution in [0.2, 0.25) is 0 Å². The third-order valence-electron chi connectivity index (χ3n) is 9.29. The molecular formula is C36H34BrF4N3O6. The zero-order valence-electron chi connectivity index (χ0n) is 26.7. The van der Waals surface area contributed by atoms with Crippen LogP contribution in [-0.2, 0) is 23.9 Å². The molecule has 6 rings (SSSR count). The number of rotatable bonds is 10. The number of alkyl halides is 3. The van der Waals surface area contributed by atoms with Gasteiger partial charge in [0.1, 0.15) is 11.6 Å². The van der Waals surface area contributed by atoms with Crippen molar-refractivity contribution in [2.45, 2.75) is 63.0 Å².